The lowest BCUT2D eigenvalue weighted by Gasteiger charge is -2.20. The molecule has 0 spiro atoms. The van der Waals surface area contributed by atoms with Gasteiger partial charge in [-0.15, -0.1) is 5.10 Å². The van der Waals surface area contributed by atoms with Crippen molar-refractivity contribution in [1.29, 1.82) is 0 Å². The third-order valence-electron chi connectivity index (χ3n) is 4.21. The highest BCUT2D eigenvalue weighted by molar-refractivity contribution is 7.71. The minimum Gasteiger partial charge on any atom is -0.340 e. The van der Waals surface area contributed by atoms with E-state index >= 15 is 0 Å². The molecule has 2 aliphatic rings. The Bertz CT molecular complexity index is 449. The second-order valence-corrected chi connectivity index (χ2v) is 6.04. The first kappa shape index (κ1) is 11.3. The van der Waals surface area contributed by atoms with E-state index in [9.17, 15) is 0 Å². The van der Waals surface area contributed by atoms with Crippen LogP contribution in [0.4, 0.5) is 5.95 Å². The minimum absolute atomic E-state index is 0.372. The van der Waals surface area contributed by atoms with E-state index in [4.69, 9.17) is 12.2 Å². The number of nitrogens with one attached hydrogen (secondary N) is 1. The summed E-state index contributed by atoms with van der Waals surface area (Å²) in [6.45, 7) is 6.64. The van der Waals surface area contributed by atoms with Crippen LogP contribution >= 0.6 is 12.2 Å². The molecule has 1 aliphatic heterocycles. The number of nitrogens with zero attached hydrogens (tertiary/aromatic N) is 3. The largest absolute Gasteiger partial charge is 0.340 e. The highest BCUT2D eigenvalue weighted by atomic mass is 32.1. The molecule has 0 aromatic carbocycles. The monoisotopic (exact) mass is 252 g/mol. The normalized spacial score (nSPS) is 28.1. The maximum atomic E-state index is 5.30. The molecule has 5 heteroatoms. The van der Waals surface area contributed by atoms with Crippen LogP contribution in [0.3, 0.4) is 0 Å². The molecule has 3 rings (SSSR count). The van der Waals surface area contributed by atoms with Crippen LogP contribution < -0.4 is 4.90 Å². The van der Waals surface area contributed by atoms with Crippen molar-refractivity contribution in [2.24, 2.45) is 11.8 Å². The topological polar surface area (TPSA) is 36.9 Å². The molecule has 1 aromatic rings. The number of aromatic amines is 1. The Morgan fingerprint density at radius 2 is 1.94 bits per heavy atom. The van der Waals surface area contributed by atoms with Gasteiger partial charge in [0, 0.05) is 19.1 Å². The Morgan fingerprint density at radius 1 is 1.29 bits per heavy atom. The number of H-pyrrole nitrogens is 1. The van der Waals surface area contributed by atoms with Crippen molar-refractivity contribution in [3.05, 3.63) is 4.77 Å². The lowest BCUT2D eigenvalue weighted by molar-refractivity contribution is 0.494. The van der Waals surface area contributed by atoms with Gasteiger partial charge in [-0.25, -0.2) is 5.10 Å². The van der Waals surface area contributed by atoms with Crippen LogP contribution in [-0.4, -0.2) is 27.9 Å². The molecule has 2 atom stereocenters. The Balaban J connectivity index is 1.88. The molecule has 1 saturated heterocycles. The first-order chi connectivity index (χ1) is 8.16. The predicted molar refractivity (Wildman–Crippen MR) is 70.8 cm³/mol. The molecule has 2 fully saturated rings. The zero-order valence-corrected chi connectivity index (χ0v) is 11.3. The molecule has 0 radical (unpaired) electrons. The molecule has 94 valence electrons. The third kappa shape index (κ3) is 1.80. The summed E-state index contributed by atoms with van der Waals surface area (Å²) in [5.74, 6) is 2.82. The van der Waals surface area contributed by atoms with Crippen molar-refractivity contribution < 1.29 is 0 Å². The first-order valence-electron chi connectivity index (χ1n) is 6.58. The van der Waals surface area contributed by atoms with Gasteiger partial charge in [-0.2, -0.15) is 0 Å². The fourth-order valence-corrected chi connectivity index (χ4v) is 3.72. The van der Waals surface area contributed by atoms with Gasteiger partial charge >= 0.3 is 0 Å². The summed E-state index contributed by atoms with van der Waals surface area (Å²) >= 11 is 5.30. The molecule has 1 saturated carbocycles. The Morgan fingerprint density at radius 3 is 2.53 bits per heavy atom. The standard InChI is InChI=1S/C12H20N4S/c1-8(2)16-11(13-14-12(16)17)15-6-9-4-3-5-10(9)7-15/h8-10H,3-7H2,1-2H3,(H,14,17). The van der Waals surface area contributed by atoms with E-state index in [2.05, 4.69) is 33.5 Å². The molecule has 4 nitrogen and oxygen atoms in total. The van der Waals surface area contributed by atoms with E-state index in [1.54, 1.807) is 0 Å². The number of anilines is 1. The van der Waals surface area contributed by atoms with E-state index in [-0.39, 0.29) is 0 Å². The molecule has 0 amide bonds. The van der Waals surface area contributed by atoms with Crippen LogP contribution in [0, 0.1) is 16.6 Å². The van der Waals surface area contributed by atoms with Gasteiger partial charge in [0.25, 0.3) is 0 Å². The van der Waals surface area contributed by atoms with Crippen LogP contribution in [-0.2, 0) is 0 Å². The average Bonchev–Trinajstić information content (AvgIpc) is 2.88. The van der Waals surface area contributed by atoms with Gasteiger partial charge in [0.15, 0.2) is 4.77 Å². The maximum Gasteiger partial charge on any atom is 0.225 e. The van der Waals surface area contributed by atoms with E-state index in [0.717, 1.165) is 35.6 Å². The third-order valence-corrected chi connectivity index (χ3v) is 4.50. The van der Waals surface area contributed by atoms with Crippen molar-refractivity contribution in [1.82, 2.24) is 14.8 Å². The van der Waals surface area contributed by atoms with Gasteiger partial charge in [-0.3, -0.25) is 4.57 Å². The maximum absolute atomic E-state index is 5.30. The van der Waals surface area contributed by atoms with Crippen molar-refractivity contribution in [3.8, 4) is 0 Å². The zero-order valence-electron chi connectivity index (χ0n) is 10.5. The second-order valence-electron chi connectivity index (χ2n) is 5.65. The summed E-state index contributed by atoms with van der Waals surface area (Å²) < 4.78 is 2.88. The highest BCUT2D eigenvalue weighted by Gasteiger charge is 2.37. The molecule has 1 aromatic heterocycles. The number of fused-ring (bicyclic) bond motifs is 1. The summed E-state index contributed by atoms with van der Waals surface area (Å²) in [6.07, 6.45) is 4.21. The summed E-state index contributed by atoms with van der Waals surface area (Å²) in [5.41, 5.74) is 0. The molecule has 1 N–H and O–H groups in total. The summed E-state index contributed by atoms with van der Waals surface area (Å²) in [5, 5.41) is 7.35. The van der Waals surface area contributed by atoms with Gasteiger partial charge in [-0.1, -0.05) is 6.42 Å². The van der Waals surface area contributed by atoms with Crippen molar-refractivity contribution in [3.63, 3.8) is 0 Å². The van der Waals surface area contributed by atoms with Gasteiger partial charge < -0.3 is 4.90 Å². The van der Waals surface area contributed by atoms with Crippen molar-refractivity contribution in [2.45, 2.75) is 39.2 Å². The average molecular weight is 252 g/mol. The number of hydrogen-bond acceptors (Lipinski definition) is 3. The van der Waals surface area contributed by atoms with Crippen LogP contribution in [0.5, 0.6) is 0 Å². The molecular formula is C12H20N4S. The lowest BCUT2D eigenvalue weighted by Crippen LogP contribution is -2.25. The molecular weight excluding hydrogens is 232 g/mol. The number of rotatable bonds is 2. The highest BCUT2D eigenvalue weighted by Crippen LogP contribution is 2.39. The fourth-order valence-electron chi connectivity index (χ4n) is 3.38. The van der Waals surface area contributed by atoms with E-state index < -0.39 is 0 Å². The second kappa shape index (κ2) is 4.12. The van der Waals surface area contributed by atoms with Gasteiger partial charge in [0.05, 0.1) is 0 Å². The van der Waals surface area contributed by atoms with Gasteiger partial charge in [0.2, 0.25) is 5.95 Å². The van der Waals surface area contributed by atoms with Crippen molar-refractivity contribution >= 4 is 18.2 Å². The van der Waals surface area contributed by atoms with Crippen LogP contribution in [0.1, 0.15) is 39.2 Å². The number of hydrogen-bond donors (Lipinski definition) is 1. The smallest absolute Gasteiger partial charge is 0.225 e. The first-order valence-corrected chi connectivity index (χ1v) is 6.99. The zero-order chi connectivity index (χ0) is 12.0. The van der Waals surface area contributed by atoms with E-state index in [0.29, 0.717) is 6.04 Å². The summed E-state index contributed by atoms with van der Waals surface area (Å²) in [4.78, 5) is 2.42. The SMILES string of the molecule is CC(C)n1c(N2CC3CCCC3C2)n[nH]c1=S. The Hall–Kier alpha value is -0.840. The summed E-state index contributed by atoms with van der Waals surface area (Å²) in [6, 6.07) is 0.372. The van der Waals surface area contributed by atoms with E-state index in [1.165, 1.54) is 19.3 Å². The quantitative estimate of drug-likeness (QED) is 0.822. The molecule has 17 heavy (non-hydrogen) atoms. The number of aromatic nitrogens is 3. The molecule has 1 aliphatic carbocycles. The van der Waals surface area contributed by atoms with Crippen LogP contribution in [0.15, 0.2) is 0 Å². The predicted octanol–water partition coefficient (Wildman–Crippen LogP) is 2.76. The fraction of sp³-hybridized carbons (Fsp3) is 0.833. The lowest BCUT2D eigenvalue weighted by atomic mass is 10.0. The van der Waals surface area contributed by atoms with Crippen molar-refractivity contribution in [2.75, 3.05) is 18.0 Å². The van der Waals surface area contributed by atoms with Gasteiger partial charge in [0.1, 0.15) is 0 Å². The molecule has 2 heterocycles. The Kier molecular flexibility index (Phi) is 2.73. The molecule has 0 bridgehead atoms. The van der Waals surface area contributed by atoms with Crippen LogP contribution in [0.25, 0.3) is 0 Å². The Labute approximate surface area is 107 Å². The summed E-state index contributed by atoms with van der Waals surface area (Å²) in [7, 11) is 0. The molecule has 2 unspecified atom stereocenters. The minimum atomic E-state index is 0.372. The van der Waals surface area contributed by atoms with E-state index in [1.807, 2.05) is 0 Å². The van der Waals surface area contributed by atoms with Crippen LogP contribution in [0.2, 0.25) is 0 Å². The van der Waals surface area contributed by atoms with Gasteiger partial charge in [-0.05, 0) is 50.7 Å².